The molecule has 0 N–H and O–H groups in total. The maximum atomic E-state index is 6.04. The molecule has 112 valence electrons. The van der Waals surface area contributed by atoms with Crippen molar-refractivity contribution in [2.45, 2.75) is 45.5 Å². The summed E-state index contributed by atoms with van der Waals surface area (Å²) >= 11 is 0. The Morgan fingerprint density at radius 2 is 1.75 bits per heavy atom. The van der Waals surface area contributed by atoms with Crippen LogP contribution < -0.4 is 0 Å². The van der Waals surface area contributed by atoms with Gasteiger partial charge in [-0.05, 0) is 23.7 Å². The molecule has 4 heteroatoms. The first-order valence-corrected chi connectivity index (χ1v) is 9.76. The van der Waals surface area contributed by atoms with Gasteiger partial charge in [-0.25, -0.2) is 0 Å². The molecule has 0 saturated carbocycles. The van der Waals surface area contributed by atoms with Crippen molar-refractivity contribution in [3.8, 4) is 0 Å². The highest BCUT2D eigenvalue weighted by Gasteiger charge is 2.39. The fraction of sp³-hybridized carbons (Fsp3) is 0.500. The van der Waals surface area contributed by atoms with E-state index in [1.54, 1.807) is 13.4 Å². The number of hydrogen-bond donors (Lipinski definition) is 0. The molecule has 20 heavy (non-hydrogen) atoms. The minimum Gasteiger partial charge on any atom is -0.517 e. The highest BCUT2D eigenvalue weighted by molar-refractivity contribution is 6.74. The van der Waals surface area contributed by atoms with E-state index in [1.165, 1.54) is 0 Å². The molecule has 0 spiro atoms. The van der Waals surface area contributed by atoms with E-state index in [4.69, 9.17) is 13.9 Å². The van der Waals surface area contributed by atoms with E-state index >= 15 is 0 Å². The highest BCUT2D eigenvalue weighted by Crippen LogP contribution is 2.37. The van der Waals surface area contributed by atoms with Crippen LogP contribution in [0.15, 0.2) is 42.5 Å². The maximum Gasteiger partial charge on any atom is 0.301 e. The Labute approximate surface area is 123 Å². The molecule has 0 aliphatic heterocycles. The third-order valence-corrected chi connectivity index (χ3v) is 7.96. The molecular weight excluding hydrogens is 268 g/mol. The Bertz CT molecular complexity index is 433. The van der Waals surface area contributed by atoms with Gasteiger partial charge in [0.15, 0.2) is 6.26 Å². The van der Waals surface area contributed by atoms with E-state index in [0.717, 1.165) is 5.56 Å². The molecule has 0 bridgehead atoms. The van der Waals surface area contributed by atoms with Gasteiger partial charge in [0, 0.05) is 0 Å². The summed E-state index contributed by atoms with van der Waals surface area (Å²) in [5.74, 6) is 0.451. The number of rotatable bonds is 6. The summed E-state index contributed by atoms with van der Waals surface area (Å²) in [6, 6.07) is 10.0. The fourth-order valence-electron chi connectivity index (χ4n) is 1.30. The second-order valence-electron chi connectivity index (χ2n) is 6.30. The molecule has 0 unspecified atom stereocenters. The van der Waals surface area contributed by atoms with Crippen molar-refractivity contribution in [3.05, 3.63) is 48.1 Å². The molecule has 1 rings (SSSR count). The van der Waals surface area contributed by atoms with Crippen molar-refractivity contribution in [3.63, 3.8) is 0 Å². The summed E-state index contributed by atoms with van der Waals surface area (Å²) in [5.41, 5.74) is 1.12. The van der Waals surface area contributed by atoms with Crippen molar-refractivity contribution >= 4 is 8.32 Å². The Hall–Kier alpha value is -1.42. The smallest absolute Gasteiger partial charge is 0.301 e. The van der Waals surface area contributed by atoms with Gasteiger partial charge in [0.1, 0.15) is 6.61 Å². The van der Waals surface area contributed by atoms with Crippen LogP contribution in [0.3, 0.4) is 0 Å². The predicted octanol–water partition coefficient (Wildman–Crippen LogP) is 4.67. The zero-order chi connectivity index (χ0) is 15.2. The number of hydrogen-bond acceptors (Lipinski definition) is 3. The van der Waals surface area contributed by atoms with Crippen molar-refractivity contribution in [1.82, 2.24) is 0 Å². The molecule has 0 radical (unpaired) electrons. The van der Waals surface area contributed by atoms with Gasteiger partial charge in [0.2, 0.25) is 0 Å². The lowest BCUT2D eigenvalue weighted by Gasteiger charge is -2.36. The van der Waals surface area contributed by atoms with E-state index in [0.29, 0.717) is 12.6 Å². The Morgan fingerprint density at radius 3 is 2.25 bits per heavy atom. The predicted molar refractivity (Wildman–Crippen MR) is 84.6 cm³/mol. The van der Waals surface area contributed by atoms with Gasteiger partial charge < -0.3 is 13.9 Å². The lowest BCUT2D eigenvalue weighted by molar-refractivity contribution is 0.109. The van der Waals surface area contributed by atoms with Gasteiger partial charge in [-0.3, -0.25) is 0 Å². The zero-order valence-electron chi connectivity index (χ0n) is 13.4. The molecule has 0 aliphatic rings. The third-order valence-electron chi connectivity index (χ3n) is 3.64. The molecule has 0 fully saturated rings. The lowest BCUT2D eigenvalue weighted by atomic mass is 10.2. The Balaban J connectivity index is 2.60. The molecule has 1 aromatic rings. The summed E-state index contributed by atoms with van der Waals surface area (Å²) in [7, 11) is -0.289. The Morgan fingerprint density at radius 1 is 1.15 bits per heavy atom. The first kappa shape index (κ1) is 16.6. The Kier molecular flexibility index (Phi) is 5.69. The highest BCUT2D eigenvalue weighted by atomic mass is 28.4. The monoisotopic (exact) mass is 294 g/mol. The first-order valence-electron chi connectivity index (χ1n) is 6.85. The van der Waals surface area contributed by atoms with Crippen LogP contribution in [0.25, 0.3) is 0 Å². The zero-order valence-corrected chi connectivity index (χ0v) is 14.4. The minimum absolute atomic E-state index is 0.129. The summed E-state index contributed by atoms with van der Waals surface area (Å²) in [5, 5.41) is 0.129. The molecule has 3 nitrogen and oxygen atoms in total. The van der Waals surface area contributed by atoms with Crippen LogP contribution >= 0.6 is 0 Å². The minimum atomic E-state index is -1.89. The largest absolute Gasteiger partial charge is 0.517 e. The third kappa shape index (κ3) is 4.93. The van der Waals surface area contributed by atoms with Crippen LogP contribution in [0.5, 0.6) is 0 Å². The van der Waals surface area contributed by atoms with Crippen LogP contribution in [-0.2, 0) is 20.5 Å². The van der Waals surface area contributed by atoms with E-state index in [1.807, 2.05) is 30.3 Å². The molecule has 0 heterocycles. The van der Waals surface area contributed by atoms with Crippen LogP contribution in [0.4, 0.5) is 0 Å². The molecule has 0 aliphatic carbocycles. The number of benzene rings is 1. The molecule has 0 saturated heterocycles. The average molecular weight is 294 g/mol. The van der Waals surface area contributed by atoms with Gasteiger partial charge in [0.25, 0.3) is 8.32 Å². The van der Waals surface area contributed by atoms with Crippen molar-refractivity contribution in [2.24, 2.45) is 0 Å². The second-order valence-corrected chi connectivity index (χ2v) is 11.0. The summed E-state index contributed by atoms with van der Waals surface area (Å²) in [4.78, 5) is 0. The van der Waals surface area contributed by atoms with Gasteiger partial charge in [-0.2, -0.15) is 0 Å². The molecule has 0 aromatic heterocycles. The van der Waals surface area contributed by atoms with Gasteiger partial charge in [-0.15, -0.1) is 0 Å². The van der Waals surface area contributed by atoms with Gasteiger partial charge in [-0.1, -0.05) is 51.1 Å². The number of ether oxygens (including phenoxy) is 2. The van der Waals surface area contributed by atoms with Crippen molar-refractivity contribution in [1.29, 1.82) is 0 Å². The van der Waals surface area contributed by atoms with Crippen LogP contribution in [0.1, 0.15) is 26.3 Å². The van der Waals surface area contributed by atoms with Crippen LogP contribution in [-0.4, -0.2) is 15.4 Å². The average Bonchev–Trinajstić information content (AvgIpc) is 2.37. The SMILES string of the molecule is CO/C(=C/OCc1ccccc1)O[Si](C)(C)C(C)(C)C. The summed E-state index contributed by atoms with van der Waals surface area (Å²) in [6.07, 6.45) is 1.56. The molecule has 1 aromatic carbocycles. The van der Waals surface area contributed by atoms with E-state index < -0.39 is 8.32 Å². The number of methoxy groups -OCH3 is 1. The van der Waals surface area contributed by atoms with E-state index in [-0.39, 0.29) is 5.04 Å². The van der Waals surface area contributed by atoms with Gasteiger partial charge >= 0.3 is 5.95 Å². The lowest BCUT2D eigenvalue weighted by Crippen LogP contribution is -2.40. The van der Waals surface area contributed by atoms with Crippen molar-refractivity contribution < 1.29 is 13.9 Å². The van der Waals surface area contributed by atoms with E-state index in [2.05, 4.69) is 33.9 Å². The van der Waals surface area contributed by atoms with Crippen molar-refractivity contribution in [2.75, 3.05) is 7.11 Å². The van der Waals surface area contributed by atoms with E-state index in [9.17, 15) is 0 Å². The second kappa shape index (κ2) is 6.84. The van der Waals surface area contributed by atoms with Gasteiger partial charge in [0.05, 0.1) is 7.11 Å². The summed E-state index contributed by atoms with van der Waals surface area (Å²) < 4.78 is 16.9. The standard InChI is InChI=1S/C16H26O3Si/c1-16(2,3)20(5,6)19-15(17-4)13-18-12-14-10-8-7-9-11-14/h7-11,13H,12H2,1-6H3/b15-13-. The molecular formula is C16H26O3Si. The molecule has 0 amide bonds. The fourth-order valence-corrected chi connectivity index (χ4v) is 2.24. The normalized spacial score (nSPS) is 13.0. The quantitative estimate of drug-likeness (QED) is 0.563. The summed E-state index contributed by atoms with van der Waals surface area (Å²) in [6.45, 7) is 11.4. The van der Waals surface area contributed by atoms with Crippen LogP contribution in [0.2, 0.25) is 18.1 Å². The first-order chi connectivity index (χ1) is 9.26. The van der Waals surface area contributed by atoms with Crippen LogP contribution in [0, 0.1) is 0 Å². The topological polar surface area (TPSA) is 27.7 Å². The molecule has 0 atom stereocenters. The maximum absolute atomic E-state index is 6.04.